The molecule has 0 radical (unpaired) electrons. The van der Waals surface area contributed by atoms with Crippen LogP contribution in [0.5, 0.6) is 0 Å². The first kappa shape index (κ1) is 20.1. The third kappa shape index (κ3) is 3.38. The first-order valence-corrected chi connectivity index (χ1v) is 11.1. The van der Waals surface area contributed by atoms with Crippen LogP contribution < -0.4 is 5.32 Å². The van der Waals surface area contributed by atoms with E-state index >= 15 is 0 Å². The summed E-state index contributed by atoms with van der Waals surface area (Å²) in [6, 6.07) is 18.3. The summed E-state index contributed by atoms with van der Waals surface area (Å²) in [7, 11) is 0. The number of hydrogen-bond acceptors (Lipinski definition) is 6. The van der Waals surface area contributed by atoms with Crippen molar-refractivity contribution in [2.75, 3.05) is 5.32 Å². The van der Waals surface area contributed by atoms with Crippen molar-refractivity contribution in [1.29, 1.82) is 0 Å². The molecule has 0 saturated carbocycles. The van der Waals surface area contributed by atoms with Gasteiger partial charge in [-0.1, -0.05) is 24.3 Å². The van der Waals surface area contributed by atoms with Crippen LogP contribution in [0.25, 0.3) is 38.9 Å². The van der Waals surface area contributed by atoms with Crippen LogP contribution in [0.15, 0.2) is 90.3 Å². The van der Waals surface area contributed by atoms with Gasteiger partial charge in [0.1, 0.15) is 23.8 Å². The van der Waals surface area contributed by atoms with E-state index in [-0.39, 0.29) is 6.04 Å². The Bertz CT molecular complexity index is 1610. The van der Waals surface area contributed by atoms with Crippen molar-refractivity contribution in [2.45, 2.75) is 19.9 Å². The maximum Gasteiger partial charge on any atom is 0.161 e. The van der Waals surface area contributed by atoms with Gasteiger partial charge in [-0.25, -0.2) is 9.67 Å². The highest BCUT2D eigenvalue weighted by Gasteiger charge is 2.20. The van der Waals surface area contributed by atoms with Crippen LogP contribution in [0.3, 0.4) is 0 Å². The van der Waals surface area contributed by atoms with Gasteiger partial charge in [-0.3, -0.25) is 9.97 Å². The Morgan fingerprint density at radius 3 is 2.71 bits per heavy atom. The van der Waals surface area contributed by atoms with Gasteiger partial charge in [0.25, 0.3) is 0 Å². The first-order chi connectivity index (χ1) is 16.7. The van der Waals surface area contributed by atoms with E-state index in [9.17, 15) is 0 Å². The summed E-state index contributed by atoms with van der Waals surface area (Å²) in [6.07, 6.45) is 8.68. The third-order valence-corrected chi connectivity index (χ3v) is 6.01. The van der Waals surface area contributed by atoms with E-state index in [1.165, 1.54) is 6.33 Å². The molecule has 4 heterocycles. The minimum atomic E-state index is -0.0329. The summed E-state index contributed by atoms with van der Waals surface area (Å²) in [4.78, 5) is 13.0. The second kappa shape index (κ2) is 8.12. The van der Waals surface area contributed by atoms with E-state index in [2.05, 4.69) is 51.3 Å². The fourth-order valence-electron chi connectivity index (χ4n) is 4.45. The molecule has 166 valence electrons. The van der Waals surface area contributed by atoms with Crippen molar-refractivity contribution in [1.82, 2.24) is 24.7 Å². The summed E-state index contributed by atoms with van der Waals surface area (Å²) in [6.45, 7) is 4.23. The number of fused-ring (bicyclic) bond motifs is 3. The molecule has 1 atom stereocenters. The lowest BCUT2D eigenvalue weighted by atomic mass is 10.0. The summed E-state index contributed by atoms with van der Waals surface area (Å²) >= 11 is 0. The van der Waals surface area contributed by atoms with Crippen LogP contribution in [0.1, 0.15) is 24.1 Å². The van der Waals surface area contributed by atoms with Crippen molar-refractivity contribution >= 4 is 27.8 Å². The van der Waals surface area contributed by atoms with E-state index in [4.69, 9.17) is 4.42 Å². The van der Waals surface area contributed by atoms with E-state index in [0.29, 0.717) is 0 Å². The molecule has 0 aliphatic carbocycles. The van der Waals surface area contributed by atoms with Crippen LogP contribution in [0.2, 0.25) is 0 Å². The predicted octanol–water partition coefficient (Wildman–Crippen LogP) is 6.11. The number of rotatable bonds is 5. The Labute approximate surface area is 196 Å². The van der Waals surface area contributed by atoms with Crippen molar-refractivity contribution in [2.24, 2.45) is 0 Å². The SMILES string of the molecule is Cc1cc(C(C)Nc2ccccc2-n2cncn2)c2oc3c(-c4cccnc4)ccnc3c2c1. The average Bonchev–Trinajstić information content (AvgIpc) is 3.53. The van der Waals surface area contributed by atoms with Crippen LogP contribution >= 0.6 is 0 Å². The molecule has 0 spiro atoms. The lowest BCUT2D eigenvalue weighted by molar-refractivity contribution is 0.658. The number of aromatic nitrogens is 5. The second-order valence-corrected chi connectivity index (χ2v) is 8.33. The largest absolute Gasteiger partial charge is 0.453 e. The smallest absolute Gasteiger partial charge is 0.161 e. The Kier molecular flexibility index (Phi) is 4.80. The number of para-hydroxylation sites is 2. The van der Waals surface area contributed by atoms with E-state index in [0.717, 1.165) is 55.7 Å². The van der Waals surface area contributed by atoms with Crippen LogP contribution in [0, 0.1) is 6.92 Å². The number of benzene rings is 2. The molecule has 1 unspecified atom stereocenters. The Morgan fingerprint density at radius 2 is 1.88 bits per heavy atom. The molecule has 0 aliphatic heterocycles. The number of nitrogens with zero attached hydrogens (tertiary/aromatic N) is 5. The van der Waals surface area contributed by atoms with E-state index < -0.39 is 0 Å². The third-order valence-electron chi connectivity index (χ3n) is 6.01. The Hall–Kier alpha value is -4.52. The molecule has 0 aliphatic rings. The fraction of sp³-hybridized carbons (Fsp3) is 0.111. The number of pyridine rings is 2. The van der Waals surface area contributed by atoms with Gasteiger partial charge in [0, 0.05) is 40.7 Å². The molecule has 0 bridgehead atoms. The maximum absolute atomic E-state index is 6.53. The molecule has 34 heavy (non-hydrogen) atoms. The van der Waals surface area contributed by atoms with Crippen LogP contribution in [-0.2, 0) is 0 Å². The number of aryl methyl sites for hydroxylation is 1. The zero-order valence-electron chi connectivity index (χ0n) is 18.8. The van der Waals surface area contributed by atoms with Crippen molar-refractivity contribution < 1.29 is 4.42 Å². The zero-order chi connectivity index (χ0) is 23.1. The molecule has 1 N–H and O–H groups in total. The highest BCUT2D eigenvalue weighted by Crippen LogP contribution is 2.38. The molecular weight excluding hydrogens is 424 g/mol. The molecule has 2 aromatic carbocycles. The Morgan fingerprint density at radius 1 is 0.971 bits per heavy atom. The Balaban J connectivity index is 1.48. The van der Waals surface area contributed by atoms with Gasteiger partial charge in [0.05, 0.1) is 17.4 Å². The molecule has 0 saturated heterocycles. The normalized spacial score (nSPS) is 12.3. The van der Waals surface area contributed by atoms with Gasteiger partial charge < -0.3 is 9.73 Å². The van der Waals surface area contributed by atoms with Gasteiger partial charge in [0.15, 0.2) is 5.58 Å². The van der Waals surface area contributed by atoms with E-state index in [1.54, 1.807) is 17.2 Å². The number of furan rings is 1. The molecular formula is C27H22N6O. The minimum absolute atomic E-state index is 0.0329. The highest BCUT2D eigenvalue weighted by molar-refractivity contribution is 6.08. The van der Waals surface area contributed by atoms with Crippen molar-refractivity contribution in [3.05, 3.63) is 97.0 Å². The minimum Gasteiger partial charge on any atom is -0.453 e. The number of hydrogen-bond donors (Lipinski definition) is 1. The number of anilines is 1. The standard InChI is InChI=1S/C27H22N6O/c1-17-12-21(18(2)32-23-7-3-4-8-24(23)33-16-29-15-31-33)26-22(13-17)25-27(34-26)20(9-11-30-25)19-6-5-10-28-14-19/h3-16,18,32H,1-2H3. The second-order valence-electron chi connectivity index (χ2n) is 8.33. The van der Waals surface area contributed by atoms with Crippen LogP contribution in [0.4, 0.5) is 5.69 Å². The predicted molar refractivity (Wildman–Crippen MR) is 133 cm³/mol. The lowest BCUT2D eigenvalue weighted by Crippen LogP contribution is -2.10. The van der Waals surface area contributed by atoms with Crippen LogP contribution in [-0.4, -0.2) is 24.7 Å². The fourth-order valence-corrected chi connectivity index (χ4v) is 4.45. The van der Waals surface area contributed by atoms with Crippen molar-refractivity contribution in [3.63, 3.8) is 0 Å². The molecule has 6 aromatic rings. The molecule has 6 rings (SSSR count). The van der Waals surface area contributed by atoms with Gasteiger partial charge in [-0.15, -0.1) is 0 Å². The highest BCUT2D eigenvalue weighted by atomic mass is 16.3. The summed E-state index contributed by atoms with van der Waals surface area (Å²) in [5.74, 6) is 0. The first-order valence-electron chi connectivity index (χ1n) is 11.1. The van der Waals surface area contributed by atoms with Gasteiger partial charge >= 0.3 is 0 Å². The van der Waals surface area contributed by atoms with Gasteiger partial charge in [0.2, 0.25) is 0 Å². The van der Waals surface area contributed by atoms with E-state index in [1.807, 2.05) is 54.9 Å². The summed E-state index contributed by atoms with van der Waals surface area (Å²) in [5, 5.41) is 8.95. The zero-order valence-corrected chi connectivity index (χ0v) is 18.8. The molecule has 7 nitrogen and oxygen atoms in total. The average molecular weight is 447 g/mol. The maximum atomic E-state index is 6.53. The lowest BCUT2D eigenvalue weighted by Gasteiger charge is -2.19. The van der Waals surface area contributed by atoms with Crippen molar-refractivity contribution in [3.8, 4) is 16.8 Å². The molecule has 0 fully saturated rings. The van der Waals surface area contributed by atoms with Gasteiger partial charge in [-0.2, -0.15) is 5.10 Å². The summed E-state index contributed by atoms with van der Waals surface area (Å²) < 4.78 is 8.28. The number of nitrogens with one attached hydrogen (secondary N) is 1. The molecule has 4 aromatic heterocycles. The topological polar surface area (TPSA) is 81.7 Å². The molecule has 7 heteroatoms. The monoisotopic (exact) mass is 446 g/mol. The molecule has 0 amide bonds. The quantitative estimate of drug-likeness (QED) is 0.344. The van der Waals surface area contributed by atoms with Gasteiger partial charge in [-0.05, 0) is 49.7 Å². The summed E-state index contributed by atoms with van der Waals surface area (Å²) in [5.41, 5.74) is 8.55.